The maximum Gasteiger partial charge on any atom is 0.275 e. The summed E-state index contributed by atoms with van der Waals surface area (Å²) in [7, 11) is 0. The number of benzene rings is 2. The van der Waals surface area contributed by atoms with Crippen molar-refractivity contribution in [3.05, 3.63) is 71.0 Å². The van der Waals surface area contributed by atoms with Crippen LogP contribution in [0.25, 0.3) is 33.4 Å². The summed E-state index contributed by atoms with van der Waals surface area (Å²) in [5.74, 6) is 0. The highest BCUT2D eigenvalue weighted by atomic mass is 16.1. The zero-order valence-corrected chi connectivity index (χ0v) is 11.6. The Balaban J connectivity index is 2.03. The number of aromatic nitrogens is 4. The van der Waals surface area contributed by atoms with Crippen LogP contribution in [0.3, 0.4) is 0 Å². The fourth-order valence-electron chi connectivity index (χ4n) is 2.56. The molecule has 106 valence electrons. The Bertz CT molecular complexity index is 988. The topological polar surface area (TPSA) is 74.4 Å². The van der Waals surface area contributed by atoms with Crippen molar-refractivity contribution in [3.63, 3.8) is 0 Å². The normalized spacial score (nSPS) is 10.9. The van der Waals surface area contributed by atoms with Crippen molar-refractivity contribution in [2.75, 3.05) is 0 Å². The average molecular weight is 288 g/mol. The summed E-state index contributed by atoms with van der Waals surface area (Å²) in [6, 6.07) is 19.3. The van der Waals surface area contributed by atoms with Gasteiger partial charge < -0.3 is 0 Å². The molecule has 5 heteroatoms. The van der Waals surface area contributed by atoms with Crippen LogP contribution in [0.2, 0.25) is 0 Å². The fraction of sp³-hybridized carbons (Fsp3) is 0. The van der Waals surface area contributed by atoms with Gasteiger partial charge in [0, 0.05) is 11.1 Å². The predicted molar refractivity (Wildman–Crippen MR) is 85.4 cm³/mol. The molecule has 0 amide bonds. The molecule has 0 saturated carbocycles. The number of aromatic amines is 2. The molecule has 0 aliphatic carbocycles. The van der Waals surface area contributed by atoms with Crippen molar-refractivity contribution in [1.82, 2.24) is 20.4 Å². The minimum absolute atomic E-state index is 0.248. The minimum Gasteiger partial charge on any atom is -0.275 e. The maximum absolute atomic E-state index is 12.2. The first-order valence-electron chi connectivity index (χ1n) is 6.92. The molecule has 5 nitrogen and oxygen atoms in total. The number of H-pyrrole nitrogens is 2. The highest BCUT2D eigenvalue weighted by Crippen LogP contribution is 2.28. The predicted octanol–water partition coefficient (Wildman–Crippen LogP) is 2.98. The van der Waals surface area contributed by atoms with Crippen LogP contribution in [-0.4, -0.2) is 20.4 Å². The molecule has 0 saturated heterocycles. The monoisotopic (exact) mass is 288 g/mol. The second-order valence-electron chi connectivity index (χ2n) is 4.96. The Morgan fingerprint density at radius 1 is 0.682 bits per heavy atom. The van der Waals surface area contributed by atoms with Gasteiger partial charge in [0.15, 0.2) is 0 Å². The molecule has 0 bridgehead atoms. The third kappa shape index (κ3) is 1.91. The van der Waals surface area contributed by atoms with Crippen molar-refractivity contribution >= 4 is 10.9 Å². The molecule has 0 atom stereocenters. The van der Waals surface area contributed by atoms with Gasteiger partial charge in [0.05, 0.1) is 10.9 Å². The van der Waals surface area contributed by atoms with E-state index in [4.69, 9.17) is 0 Å². The Kier molecular flexibility index (Phi) is 2.83. The van der Waals surface area contributed by atoms with Crippen LogP contribution >= 0.6 is 0 Å². The molecule has 0 radical (unpaired) electrons. The Morgan fingerprint density at radius 2 is 1.23 bits per heavy atom. The molecule has 2 N–H and O–H groups in total. The van der Waals surface area contributed by atoms with E-state index in [0.29, 0.717) is 22.3 Å². The van der Waals surface area contributed by atoms with E-state index in [0.717, 1.165) is 11.1 Å². The van der Waals surface area contributed by atoms with Crippen LogP contribution < -0.4 is 5.56 Å². The van der Waals surface area contributed by atoms with Gasteiger partial charge >= 0.3 is 0 Å². The van der Waals surface area contributed by atoms with E-state index in [-0.39, 0.29) is 5.56 Å². The molecular weight excluding hydrogens is 276 g/mol. The van der Waals surface area contributed by atoms with Crippen LogP contribution in [0.15, 0.2) is 65.5 Å². The first-order chi connectivity index (χ1) is 10.8. The number of fused-ring (bicyclic) bond motifs is 1. The van der Waals surface area contributed by atoms with Gasteiger partial charge in [-0.25, -0.2) is 5.10 Å². The SMILES string of the molecule is O=c1[nH]nc(-c2ccccc2)c2[nH]nc(-c3ccccc3)c12. The smallest absolute Gasteiger partial charge is 0.275 e. The zero-order chi connectivity index (χ0) is 14.9. The van der Waals surface area contributed by atoms with Crippen molar-refractivity contribution in [2.24, 2.45) is 0 Å². The molecule has 0 aliphatic heterocycles. The van der Waals surface area contributed by atoms with Gasteiger partial charge in [0.25, 0.3) is 5.56 Å². The molecule has 22 heavy (non-hydrogen) atoms. The highest BCUT2D eigenvalue weighted by molar-refractivity contribution is 5.98. The lowest BCUT2D eigenvalue weighted by Crippen LogP contribution is -2.09. The maximum atomic E-state index is 12.2. The van der Waals surface area contributed by atoms with Gasteiger partial charge in [0.1, 0.15) is 11.4 Å². The molecule has 4 aromatic rings. The molecule has 0 fully saturated rings. The highest BCUT2D eigenvalue weighted by Gasteiger charge is 2.16. The van der Waals surface area contributed by atoms with Crippen LogP contribution in [0, 0.1) is 0 Å². The zero-order valence-electron chi connectivity index (χ0n) is 11.6. The molecule has 0 unspecified atom stereocenters. The van der Waals surface area contributed by atoms with Gasteiger partial charge in [-0.15, -0.1) is 0 Å². The summed E-state index contributed by atoms with van der Waals surface area (Å²) >= 11 is 0. The largest absolute Gasteiger partial charge is 0.275 e. The van der Waals surface area contributed by atoms with E-state index in [1.54, 1.807) is 0 Å². The Hall–Kier alpha value is -3.21. The van der Waals surface area contributed by atoms with Crippen LogP contribution in [0.1, 0.15) is 0 Å². The lowest BCUT2D eigenvalue weighted by molar-refractivity contribution is 1.01. The number of hydrogen-bond donors (Lipinski definition) is 2. The molecular formula is C17H12N4O. The lowest BCUT2D eigenvalue weighted by Gasteiger charge is -2.01. The van der Waals surface area contributed by atoms with Gasteiger partial charge in [-0.2, -0.15) is 10.2 Å². The van der Waals surface area contributed by atoms with E-state index < -0.39 is 0 Å². The number of nitrogens with zero attached hydrogens (tertiary/aromatic N) is 2. The van der Waals surface area contributed by atoms with Gasteiger partial charge in [0.2, 0.25) is 0 Å². The lowest BCUT2D eigenvalue weighted by atomic mass is 10.1. The number of hydrogen-bond acceptors (Lipinski definition) is 3. The first kappa shape index (κ1) is 12.5. The van der Waals surface area contributed by atoms with E-state index in [1.165, 1.54) is 0 Å². The van der Waals surface area contributed by atoms with E-state index in [9.17, 15) is 4.79 Å². The first-order valence-corrected chi connectivity index (χ1v) is 6.92. The molecule has 2 aromatic heterocycles. The van der Waals surface area contributed by atoms with Crippen LogP contribution in [0.5, 0.6) is 0 Å². The summed E-state index contributed by atoms with van der Waals surface area (Å²) < 4.78 is 0. The van der Waals surface area contributed by atoms with Crippen LogP contribution in [-0.2, 0) is 0 Å². The summed E-state index contributed by atoms with van der Waals surface area (Å²) in [5, 5.41) is 14.6. The average Bonchev–Trinajstić information content (AvgIpc) is 3.03. The van der Waals surface area contributed by atoms with Crippen molar-refractivity contribution in [2.45, 2.75) is 0 Å². The summed E-state index contributed by atoms with van der Waals surface area (Å²) in [6.45, 7) is 0. The molecule has 0 aliphatic rings. The quantitative estimate of drug-likeness (QED) is 0.595. The van der Waals surface area contributed by atoms with Gasteiger partial charge in [-0.1, -0.05) is 60.7 Å². The number of rotatable bonds is 2. The molecule has 2 heterocycles. The van der Waals surface area contributed by atoms with Gasteiger partial charge in [-0.3, -0.25) is 9.89 Å². The van der Waals surface area contributed by atoms with E-state index in [2.05, 4.69) is 20.4 Å². The summed E-state index contributed by atoms with van der Waals surface area (Å²) in [5.41, 5.74) is 3.54. The standard InChI is InChI=1S/C17H12N4O/c22-17-13-14(11-7-3-1-4-8-11)18-20-16(13)15(19-21-17)12-9-5-2-6-10-12/h1-10H,(H,18,20)(H,21,22). The fourth-order valence-corrected chi connectivity index (χ4v) is 2.56. The van der Waals surface area contributed by atoms with E-state index >= 15 is 0 Å². The van der Waals surface area contributed by atoms with Crippen LogP contribution in [0.4, 0.5) is 0 Å². The summed E-state index contributed by atoms with van der Waals surface area (Å²) in [4.78, 5) is 12.2. The minimum atomic E-state index is -0.248. The third-order valence-corrected chi connectivity index (χ3v) is 3.59. The second kappa shape index (κ2) is 4.96. The Labute approximate surface area is 125 Å². The second-order valence-corrected chi connectivity index (χ2v) is 4.96. The molecule has 4 rings (SSSR count). The van der Waals surface area contributed by atoms with Crippen molar-refractivity contribution < 1.29 is 0 Å². The molecule has 2 aromatic carbocycles. The third-order valence-electron chi connectivity index (χ3n) is 3.59. The van der Waals surface area contributed by atoms with Gasteiger partial charge in [-0.05, 0) is 0 Å². The van der Waals surface area contributed by atoms with Crippen molar-refractivity contribution in [3.8, 4) is 22.5 Å². The Morgan fingerprint density at radius 3 is 1.86 bits per heavy atom. The van der Waals surface area contributed by atoms with E-state index in [1.807, 2.05) is 60.7 Å². The number of nitrogens with one attached hydrogen (secondary N) is 2. The van der Waals surface area contributed by atoms with Crippen molar-refractivity contribution in [1.29, 1.82) is 0 Å². The molecule has 0 spiro atoms. The summed E-state index contributed by atoms with van der Waals surface area (Å²) in [6.07, 6.45) is 0.